The molecule has 0 unspecified atom stereocenters. The molecule has 0 saturated carbocycles. The Morgan fingerprint density at radius 1 is 1.00 bits per heavy atom. The van der Waals surface area contributed by atoms with E-state index in [4.69, 9.17) is 0 Å². The number of nitrogens with zero attached hydrogens (tertiary/aromatic N) is 1. The van der Waals surface area contributed by atoms with E-state index in [1.165, 1.54) is 39.1 Å². The molecule has 0 fully saturated rings. The minimum atomic E-state index is 1.06. The van der Waals surface area contributed by atoms with Gasteiger partial charge in [-0.05, 0) is 60.1 Å². The normalized spacial score (nSPS) is 14.4. The van der Waals surface area contributed by atoms with E-state index in [2.05, 4.69) is 67.0 Å². The molecule has 29 heavy (non-hydrogen) atoms. The van der Waals surface area contributed by atoms with Crippen LogP contribution in [0.2, 0.25) is 0 Å². The third kappa shape index (κ3) is 5.77. The molecule has 0 saturated heterocycles. The second-order valence-corrected chi connectivity index (χ2v) is 6.75. The Morgan fingerprint density at radius 3 is 2.45 bits per heavy atom. The second-order valence-electron chi connectivity index (χ2n) is 6.75. The van der Waals surface area contributed by atoms with Gasteiger partial charge in [0.2, 0.25) is 0 Å². The van der Waals surface area contributed by atoms with Crippen LogP contribution in [0.3, 0.4) is 0 Å². The van der Waals surface area contributed by atoms with Crippen molar-refractivity contribution < 1.29 is 0 Å². The predicted molar refractivity (Wildman–Crippen MR) is 130 cm³/mol. The molecule has 0 aromatic heterocycles. The van der Waals surface area contributed by atoms with Crippen LogP contribution < -0.4 is 0 Å². The maximum Gasteiger partial charge on any atom is 0.0444 e. The zero-order valence-electron chi connectivity index (χ0n) is 18.3. The lowest BCUT2D eigenvalue weighted by Gasteiger charge is -2.13. The van der Waals surface area contributed by atoms with Crippen molar-refractivity contribution in [1.82, 2.24) is 0 Å². The fraction of sp³-hybridized carbons (Fsp3) is 0.250. The maximum absolute atomic E-state index is 4.52. The number of allylic oxidation sites excluding steroid dienone is 6. The topological polar surface area (TPSA) is 12.4 Å². The fourth-order valence-corrected chi connectivity index (χ4v) is 3.62. The van der Waals surface area contributed by atoms with Crippen LogP contribution in [-0.2, 0) is 6.42 Å². The van der Waals surface area contributed by atoms with Crippen LogP contribution in [0, 0.1) is 6.92 Å². The highest BCUT2D eigenvalue weighted by Crippen LogP contribution is 2.42. The van der Waals surface area contributed by atoms with E-state index in [1.54, 1.807) is 6.08 Å². The van der Waals surface area contributed by atoms with Crippen molar-refractivity contribution in [3.05, 3.63) is 107 Å². The van der Waals surface area contributed by atoms with Crippen LogP contribution in [0.4, 0.5) is 0 Å². The van der Waals surface area contributed by atoms with Gasteiger partial charge in [0.15, 0.2) is 0 Å². The summed E-state index contributed by atoms with van der Waals surface area (Å²) in [6, 6.07) is 17.0. The Morgan fingerprint density at radius 2 is 1.72 bits per heavy atom. The third-order valence-corrected chi connectivity index (χ3v) is 4.96. The molecule has 2 aliphatic rings. The van der Waals surface area contributed by atoms with Gasteiger partial charge in [-0.2, -0.15) is 0 Å². The number of fused-ring (bicyclic) bond motifs is 3. The average molecular weight is 384 g/mol. The largest absolute Gasteiger partial charge is 0.266 e. The van der Waals surface area contributed by atoms with Gasteiger partial charge in [-0.25, -0.2) is 0 Å². The molecular weight excluding hydrogens is 350 g/mol. The van der Waals surface area contributed by atoms with Crippen molar-refractivity contribution >= 4 is 17.9 Å². The molecular formula is C28H33N. The van der Waals surface area contributed by atoms with E-state index in [0.717, 1.165) is 19.3 Å². The van der Waals surface area contributed by atoms with Crippen LogP contribution in [0.15, 0.2) is 89.6 Å². The van der Waals surface area contributed by atoms with E-state index >= 15 is 0 Å². The van der Waals surface area contributed by atoms with E-state index in [1.807, 2.05) is 45.2 Å². The zero-order chi connectivity index (χ0) is 21.1. The first-order valence-electron chi connectivity index (χ1n) is 10.6. The third-order valence-electron chi connectivity index (χ3n) is 4.96. The first kappa shape index (κ1) is 22.4. The maximum atomic E-state index is 4.52. The lowest BCUT2D eigenvalue weighted by Crippen LogP contribution is -1.95. The molecule has 0 atom stereocenters. The number of aliphatic imine (C=N–C) groups is 1. The molecule has 1 nitrogen and oxygen atoms in total. The molecule has 0 radical (unpaired) electrons. The van der Waals surface area contributed by atoms with Crippen LogP contribution >= 0.6 is 0 Å². The van der Waals surface area contributed by atoms with Crippen molar-refractivity contribution in [3.8, 4) is 0 Å². The number of benzene rings is 2. The van der Waals surface area contributed by atoms with Crippen LogP contribution in [-0.4, -0.2) is 6.21 Å². The molecule has 1 heteroatoms. The van der Waals surface area contributed by atoms with Gasteiger partial charge >= 0.3 is 0 Å². The van der Waals surface area contributed by atoms with E-state index < -0.39 is 0 Å². The average Bonchev–Trinajstić information content (AvgIpc) is 3.15. The standard InChI is InChI=1S/C15H15N.C11H12.C2H6/c1-2-16-15-9-5-8-13-12-7-4-3-6-11(12)10-14(13)15;1-3-4-8-11-9-6-5-7-10(11)2;1-2/h2-4,6-8H,5,9-10H2,1H3;3-9H,1H2,2H3;1-2H3/b;8-4-;. The molecule has 0 amide bonds. The van der Waals surface area contributed by atoms with E-state index in [9.17, 15) is 0 Å². The highest BCUT2D eigenvalue weighted by atomic mass is 14.7. The minimum absolute atomic E-state index is 1.06. The molecule has 0 aliphatic heterocycles. The summed E-state index contributed by atoms with van der Waals surface area (Å²) in [6.45, 7) is 11.7. The van der Waals surface area contributed by atoms with Gasteiger partial charge in [-0.1, -0.05) is 93.3 Å². The van der Waals surface area contributed by atoms with Crippen molar-refractivity contribution in [2.75, 3.05) is 0 Å². The van der Waals surface area contributed by atoms with Gasteiger partial charge in [-0.3, -0.25) is 4.99 Å². The smallest absolute Gasteiger partial charge is 0.0444 e. The van der Waals surface area contributed by atoms with Gasteiger partial charge in [0, 0.05) is 18.3 Å². The molecule has 2 aliphatic carbocycles. The highest BCUT2D eigenvalue weighted by Gasteiger charge is 2.25. The number of hydrogen-bond acceptors (Lipinski definition) is 1. The van der Waals surface area contributed by atoms with Crippen molar-refractivity contribution in [2.24, 2.45) is 4.99 Å². The van der Waals surface area contributed by atoms with Crippen molar-refractivity contribution in [2.45, 2.75) is 47.0 Å². The van der Waals surface area contributed by atoms with Gasteiger partial charge < -0.3 is 0 Å². The highest BCUT2D eigenvalue weighted by molar-refractivity contribution is 5.87. The molecule has 2 aromatic rings. The SMILES string of the molecule is C=C/C=C\c1ccccc1C.CC.CC=NC1=C2Cc3ccccc3C2=CCC1. The summed E-state index contributed by atoms with van der Waals surface area (Å²) in [6.07, 6.45) is 13.4. The fourth-order valence-electron chi connectivity index (χ4n) is 3.62. The molecule has 0 spiro atoms. The van der Waals surface area contributed by atoms with Crippen LogP contribution in [0.25, 0.3) is 11.6 Å². The molecule has 0 N–H and O–H groups in total. The molecule has 0 heterocycles. The Labute approximate surface area is 176 Å². The molecule has 2 aromatic carbocycles. The number of rotatable bonds is 3. The van der Waals surface area contributed by atoms with Gasteiger partial charge in [0.1, 0.15) is 0 Å². The van der Waals surface area contributed by atoms with Gasteiger partial charge in [0.05, 0.1) is 0 Å². The molecule has 0 bridgehead atoms. The van der Waals surface area contributed by atoms with Crippen LogP contribution in [0.1, 0.15) is 55.9 Å². The second kappa shape index (κ2) is 11.8. The van der Waals surface area contributed by atoms with E-state index in [-0.39, 0.29) is 0 Å². The minimum Gasteiger partial charge on any atom is -0.266 e. The van der Waals surface area contributed by atoms with Gasteiger partial charge in [-0.15, -0.1) is 0 Å². The zero-order valence-corrected chi connectivity index (χ0v) is 18.3. The molecule has 150 valence electrons. The van der Waals surface area contributed by atoms with Crippen LogP contribution in [0.5, 0.6) is 0 Å². The Hall–Kier alpha value is -2.93. The Balaban J connectivity index is 0.000000203. The summed E-state index contributed by atoms with van der Waals surface area (Å²) in [7, 11) is 0. The van der Waals surface area contributed by atoms with Crippen molar-refractivity contribution in [3.63, 3.8) is 0 Å². The summed E-state index contributed by atoms with van der Waals surface area (Å²) < 4.78 is 0. The first-order valence-corrected chi connectivity index (χ1v) is 10.6. The number of hydrogen-bond donors (Lipinski definition) is 0. The lowest BCUT2D eigenvalue weighted by molar-refractivity contribution is 0.923. The molecule has 4 rings (SSSR count). The summed E-state index contributed by atoms with van der Waals surface area (Å²) >= 11 is 0. The summed E-state index contributed by atoms with van der Waals surface area (Å²) in [4.78, 5) is 4.52. The van der Waals surface area contributed by atoms with Gasteiger partial charge in [0.25, 0.3) is 0 Å². The summed E-state index contributed by atoms with van der Waals surface area (Å²) in [5, 5.41) is 0. The predicted octanol–water partition coefficient (Wildman–Crippen LogP) is 7.99. The van der Waals surface area contributed by atoms with Crippen molar-refractivity contribution in [1.29, 1.82) is 0 Å². The monoisotopic (exact) mass is 383 g/mol. The number of aryl methyl sites for hydroxylation is 1. The Bertz CT molecular complexity index is 938. The Kier molecular flexibility index (Phi) is 9.11. The quantitative estimate of drug-likeness (QED) is 0.376. The van der Waals surface area contributed by atoms with E-state index in [0.29, 0.717) is 0 Å². The summed E-state index contributed by atoms with van der Waals surface area (Å²) in [5.41, 5.74) is 9.60. The lowest BCUT2D eigenvalue weighted by atomic mass is 9.95. The first-order chi connectivity index (χ1) is 14.2. The summed E-state index contributed by atoms with van der Waals surface area (Å²) in [5.74, 6) is 0.